The summed E-state index contributed by atoms with van der Waals surface area (Å²) in [4.78, 5) is 25.2. The second kappa shape index (κ2) is 8.30. The fraction of sp³-hybridized carbons (Fsp3) is 0.684. The van der Waals surface area contributed by atoms with Crippen LogP contribution in [0.25, 0.3) is 0 Å². The molecule has 0 unspecified atom stereocenters. The Labute approximate surface area is 133 Å². The number of Topliss-reactive ketones (excluding diaryl/α,β-unsaturated/α-hetero) is 1. The fourth-order valence-corrected chi connectivity index (χ4v) is 3.75. The van der Waals surface area contributed by atoms with Crippen LogP contribution in [0.4, 0.5) is 0 Å². The first-order chi connectivity index (χ1) is 10.7. The highest BCUT2D eigenvalue weighted by Crippen LogP contribution is 2.42. The number of hydrogen-bond donors (Lipinski definition) is 0. The Bertz CT molecular complexity index is 450. The van der Waals surface area contributed by atoms with Crippen LogP contribution < -0.4 is 0 Å². The van der Waals surface area contributed by atoms with Crippen LogP contribution >= 0.6 is 0 Å². The first kappa shape index (κ1) is 17.0. The number of rotatable bonds is 1. The van der Waals surface area contributed by atoms with Gasteiger partial charge in [0.05, 0.1) is 7.11 Å². The molecule has 122 valence electrons. The maximum absolute atomic E-state index is 12.6. The third kappa shape index (κ3) is 3.68. The number of fused-ring (bicyclic) bond motifs is 1. The maximum Gasteiger partial charge on any atom is 0.320 e. The second-order valence-corrected chi connectivity index (χ2v) is 6.50. The van der Waals surface area contributed by atoms with E-state index in [1.807, 2.05) is 12.2 Å². The van der Waals surface area contributed by atoms with Gasteiger partial charge in [-0.25, -0.2) is 0 Å². The third-order valence-electron chi connectivity index (χ3n) is 5.09. The summed E-state index contributed by atoms with van der Waals surface area (Å²) in [5.41, 5.74) is -0.992. The van der Waals surface area contributed by atoms with E-state index in [9.17, 15) is 9.59 Å². The van der Waals surface area contributed by atoms with Gasteiger partial charge in [-0.1, -0.05) is 56.4 Å². The standard InChI is InChI=1S/C19H28O3/c1-22-18(21)19-15-10-8-6-4-2-3-5-7-9-12-16(19)13-11-14-17(19)20/h8,10-11,13,16H,2-7,9,12,14-15H2,1H3/b10-8+/t16-,19-/m0/s1. The van der Waals surface area contributed by atoms with Gasteiger partial charge in [0, 0.05) is 12.3 Å². The third-order valence-corrected chi connectivity index (χ3v) is 5.09. The Hall–Kier alpha value is -1.38. The van der Waals surface area contributed by atoms with E-state index in [2.05, 4.69) is 12.2 Å². The van der Waals surface area contributed by atoms with Gasteiger partial charge in [0.2, 0.25) is 0 Å². The Morgan fingerprint density at radius 1 is 1.09 bits per heavy atom. The molecule has 0 aliphatic heterocycles. The Kier molecular flexibility index (Phi) is 6.41. The van der Waals surface area contributed by atoms with Crippen molar-refractivity contribution in [3.05, 3.63) is 24.3 Å². The Morgan fingerprint density at radius 2 is 1.82 bits per heavy atom. The largest absolute Gasteiger partial charge is 0.468 e. The first-order valence-corrected chi connectivity index (χ1v) is 8.65. The molecule has 0 heterocycles. The number of carbonyl (C=O) groups excluding carboxylic acids is 2. The van der Waals surface area contributed by atoms with Crippen LogP contribution in [0.1, 0.15) is 64.2 Å². The molecule has 3 heteroatoms. The molecule has 0 saturated heterocycles. The van der Waals surface area contributed by atoms with Crippen molar-refractivity contribution in [1.29, 1.82) is 0 Å². The van der Waals surface area contributed by atoms with Crippen molar-refractivity contribution in [2.45, 2.75) is 64.2 Å². The van der Waals surface area contributed by atoms with E-state index >= 15 is 0 Å². The van der Waals surface area contributed by atoms with Gasteiger partial charge < -0.3 is 4.74 Å². The molecule has 0 spiro atoms. The van der Waals surface area contributed by atoms with Crippen LogP contribution in [-0.4, -0.2) is 18.9 Å². The van der Waals surface area contributed by atoms with E-state index in [1.165, 1.54) is 39.2 Å². The van der Waals surface area contributed by atoms with Crippen molar-refractivity contribution in [2.75, 3.05) is 7.11 Å². The molecule has 0 N–H and O–H groups in total. The normalized spacial score (nSPS) is 32.0. The summed E-state index contributed by atoms with van der Waals surface area (Å²) in [6.07, 6.45) is 18.2. The molecular weight excluding hydrogens is 276 g/mol. The average Bonchev–Trinajstić information content (AvgIpc) is 2.55. The Balaban J connectivity index is 2.28. The zero-order valence-corrected chi connectivity index (χ0v) is 13.7. The van der Waals surface area contributed by atoms with E-state index in [-0.39, 0.29) is 17.7 Å². The van der Waals surface area contributed by atoms with E-state index in [1.54, 1.807) is 0 Å². The molecule has 0 radical (unpaired) electrons. The molecule has 0 saturated carbocycles. The molecule has 2 atom stereocenters. The van der Waals surface area contributed by atoms with Crippen molar-refractivity contribution in [2.24, 2.45) is 11.3 Å². The quantitative estimate of drug-likeness (QED) is 0.410. The molecule has 0 aromatic carbocycles. The number of hydrogen-bond acceptors (Lipinski definition) is 3. The lowest BCUT2D eigenvalue weighted by Gasteiger charge is -2.37. The van der Waals surface area contributed by atoms with Crippen LogP contribution in [-0.2, 0) is 14.3 Å². The van der Waals surface area contributed by atoms with Gasteiger partial charge in [-0.2, -0.15) is 0 Å². The zero-order valence-electron chi connectivity index (χ0n) is 13.7. The topological polar surface area (TPSA) is 43.4 Å². The van der Waals surface area contributed by atoms with Crippen molar-refractivity contribution in [1.82, 2.24) is 0 Å². The van der Waals surface area contributed by atoms with Crippen LogP contribution in [0.2, 0.25) is 0 Å². The van der Waals surface area contributed by atoms with Gasteiger partial charge in [-0.05, 0) is 25.7 Å². The predicted octanol–water partition coefficient (Wildman–Crippen LogP) is 4.37. The summed E-state index contributed by atoms with van der Waals surface area (Å²) in [6, 6.07) is 0. The molecule has 0 amide bonds. The highest BCUT2D eigenvalue weighted by molar-refractivity contribution is 6.05. The Morgan fingerprint density at radius 3 is 2.59 bits per heavy atom. The minimum absolute atomic E-state index is 0.0198. The summed E-state index contributed by atoms with van der Waals surface area (Å²) in [6.45, 7) is 0. The number of carbonyl (C=O) groups is 2. The second-order valence-electron chi connectivity index (χ2n) is 6.50. The summed E-state index contributed by atoms with van der Waals surface area (Å²) in [5.74, 6) is -0.357. The minimum Gasteiger partial charge on any atom is -0.468 e. The maximum atomic E-state index is 12.6. The van der Waals surface area contributed by atoms with Crippen LogP contribution in [0.3, 0.4) is 0 Å². The lowest BCUT2D eigenvalue weighted by Crippen LogP contribution is -2.47. The van der Waals surface area contributed by atoms with Crippen molar-refractivity contribution in [3.63, 3.8) is 0 Å². The van der Waals surface area contributed by atoms with Gasteiger partial charge in [0.1, 0.15) is 5.41 Å². The fourth-order valence-electron chi connectivity index (χ4n) is 3.75. The highest BCUT2D eigenvalue weighted by Gasteiger charge is 2.51. The summed E-state index contributed by atoms with van der Waals surface area (Å²) >= 11 is 0. The van der Waals surface area contributed by atoms with Crippen LogP contribution in [0.15, 0.2) is 24.3 Å². The molecule has 3 nitrogen and oxygen atoms in total. The molecule has 2 rings (SSSR count). The van der Waals surface area contributed by atoms with E-state index < -0.39 is 5.41 Å². The van der Waals surface area contributed by atoms with E-state index in [0.717, 1.165) is 19.3 Å². The average molecular weight is 304 g/mol. The van der Waals surface area contributed by atoms with Crippen molar-refractivity contribution < 1.29 is 14.3 Å². The van der Waals surface area contributed by atoms with Gasteiger partial charge >= 0.3 is 5.97 Å². The van der Waals surface area contributed by atoms with E-state index in [0.29, 0.717) is 12.8 Å². The number of esters is 1. The smallest absolute Gasteiger partial charge is 0.320 e. The van der Waals surface area contributed by atoms with E-state index in [4.69, 9.17) is 4.74 Å². The van der Waals surface area contributed by atoms with Crippen LogP contribution in [0, 0.1) is 11.3 Å². The molecular formula is C19H28O3. The molecule has 2 aliphatic carbocycles. The predicted molar refractivity (Wildman–Crippen MR) is 87.4 cm³/mol. The summed E-state index contributed by atoms with van der Waals surface area (Å²) in [7, 11) is 1.39. The minimum atomic E-state index is -0.992. The molecule has 0 fully saturated rings. The molecule has 0 aromatic rings. The monoisotopic (exact) mass is 304 g/mol. The number of ketones is 1. The van der Waals surface area contributed by atoms with Gasteiger partial charge in [-0.3, -0.25) is 9.59 Å². The van der Waals surface area contributed by atoms with Gasteiger partial charge in [0.15, 0.2) is 5.78 Å². The first-order valence-electron chi connectivity index (χ1n) is 8.65. The highest BCUT2D eigenvalue weighted by atomic mass is 16.5. The molecule has 22 heavy (non-hydrogen) atoms. The van der Waals surface area contributed by atoms with Gasteiger partial charge in [0.25, 0.3) is 0 Å². The summed E-state index contributed by atoms with van der Waals surface area (Å²) in [5, 5.41) is 0. The zero-order chi connectivity index (χ0) is 15.8. The van der Waals surface area contributed by atoms with Gasteiger partial charge in [-0.15, -0.1) is 0 Å². The lowest BCUT2D eigenvalue weighted by molar-refractivity contribution is -0.161. The molecule has 0 aromatic heterocycles. The number of allylic oxidation sites excluding steroid dienone is 4. The summed E-state index contributed by atoms with van der Waals surface area (Å²) < 4.78 is 5.04. The lowest BCUT2D eigenvalue weighted by atomic mass is 9.64. The molecule has 0 bridgehead atoms. The molecule has 2 aliphatic rings. The van der Waals surface area contributed by atoms with Crippen molar-refractivity contribution in [3.8, 4) is 0 Å². The SMILES string of the molecule is COC(=O)[C@@]12C/C=C/CCCCCCCC[C@H]1C=CCC2=O. The van der Waals surface area contributed by atoms with Crippen LogP contribution in [0.5, 0.6) is 0 Å². The number of methoxy groups -OCH3 is 1. The van der Waals surface area contributed by atoms with Crippen molar-refractivity contribution >= 4 is 11.8 Å². The number of ether oxygens (including phenoxy) is 1.